The number of methoxy groups -OCH3 is 1. The number of anilines is 1. The van der Waals surface area contributed by atoms with E-state index in [4.69, 9.17) is 9.47 Å². The Morgan fingerprint density at radius 2 is 2.00 bits per heavy atom. The van der Waals surface area contributed by atoms with Crippen LogP contribution in [0.25, 0.3) is 0 Å². The molecule has 1 N–H and O–H groups in total. The third-order valence-corrected chi connectivity index (χ3v) is 8.93. The second-order valence-corrected chi connectivity index (χ2v) is 11.4. The van der Waals surface area contributed by atoms with E-state index in [1.54, 1.807) is 43.5 Å². The average Bonchev–Trinajstić information content (AvgIpc) is 3.37. The first-order valence-electron chi connectivity index (χ1n) is 11.3. The van der Waals surface area contributed by atoms with E-state index in [0.717, 1.165) is 25.7 Å². The first-order chi connectivity index (χ1) is 16.3. The van der Waals surface area contributed by atoms with E-state index < -0.39 is 22.1 Å². The standard InChI is InChI=1S/C25H29N3O5S/c1-16(29)27-19-9-6-10-23-24(19)25(30)28(34(23,3)31)20(13-14-26)17-11-12-21(32-2)22(15-17)33-18-7-4-5-8-18/h6,9-12,15,18,20,34H,4-5,7-8,13H2,1-3H3,(H,27,29)/t20-/m1/s1. The molecule has 0 saturated heterocycles. The third-order valence-electron chi connectivity index (χ3n) is 6.38. The number of hydrogen-bond acceptors (Lipinski definition) is 6. The van der Waals surface area contributed by atoms with Crippen LogP contribution in [-0.2, 0) is 14.9 Å². The lowest BCUT2D eigenvalue weighted by atomic mass is 10.0. The van der Waals surface area contributed by atoms with Crippen LogP contribution in [0.2, 0.25) is 0 Å². The Morgan fingerprint density at radius 1 is 1.26 bits per heavy atom. The molecule has 4 rings (SSSR count). The van der Waals surface area contributed by atoms with Crippen molar-refractivity contribution in [1.82, 2.24) is 4.31 Å². The highest BCUT2D eigenvalue weighted by Gasteiger charge is 2.44. The molecule has 1 atom stereocenters. The van der Waals surface area contributed by atoms with Crippen molar-refractivity contribution in [2.45, 2.75) is 56.1 Å². The van der Waals surface area contributed by atoms with Gasteiger partial charge >= 0.3 is 0 Å². The summed E-state index contributed by atoms with van der Waals surface area (Å²) < 4.78 is 27.0. The van der Waals surface area contributed by atoms with Gasteiger partial charge in [-0.2, -0.15) is 5.26 Å². The van der Waals surface area contributed by atoms with E-state index in [1.165, 1.54) is 17.5 Å². The van der Waals surface area contributed by atoms with E-state index in [-0.39, 0.29) is 24.0 Å². The maximum atomic E-state index is 14.0. The van der Waals surface area contributed by atoms with E-state index in [9.17, 15) is 19.1 Å². The van der Waals surface area contributed by atoms with Crippen LogP contribution in [0, 0.1) is 11.3 Å². The van der Waals surface area contributed by atoms with Gasteiger partial charge in [0.05, 0.1) is 43.0 Å². The van der Waals surface area contributed by atoms with Crippen molar-refractivity contribution in [3.63, 3.8) is 0 Å². The molecular formula is C25H29N3O5S. The number of nitrogens with zero attached hydrogens (tertiary/aromatic N) is 2. The zero-order valence-electron chi connectivity index (χ0n) is 19.5. The first kappa shape index (κ1) is 23.8. The molecular weight excluding hydrogens is 454 g/mol. The average molecular weight is 484 g/mol. The fraction of sp³-hybridized carbons (Fsp3) is 0.400. The van der Waals surface area contributed by atoms with Crippen molar-refractivity contribution >= 4 is 27.6 Å². The molecule has 8 nitrogen and oxygen atoms in total. The minimum atomic E-state index is -3.37. The van der Waals surface area contributed by atoms with E-state index in [2.05, 4.69) is 11.4 Å². The van der Waals surface area contributed by atoms with Crippen LogP contribution in [0.15, 0.2) is 41.3 Å². The van der Waals surface area contributed by atoms with Gasteiger partial charge in [0.15, 0.2) is 11.5 Å². The van der Waals surface area contributed by atoms with Gasteiger partial charge < -0.3 is 14.8 Å². The minimum absolute atomic E-state index is 0.0533. The molecule has 1 saturated carbocycles. The third kappa shape index (κ3) is 4.26. The molecule has 1 heterocycles. The first-order valence-corrected chi connectivity index (χ1v) is 13.4. The number of fused-ring (bicyclic) bond motifs is 1. The topological polar surface area (TPSA) is 109 Å². The fourth-order valence-corrected chi connectivity index (χ4v) is 7.25. The maximum absolute atomic E-state index is 14.0. The highest BCUT2D eigenvalue weighted by molar-refractivity contribution is 8.01. The number of nitriles is 1. The lowest BCUT2D eigenvalue weighted by molar-refractivity contribution is -0.114. The second-order valence-electron chi connectivity index (χ2n) is 8.72. The van der Waals surface area contributed by atoms with Crippen molar-refractivity contribution in [2.24, 2.45) is 0 Å². The zero-order valence-corrected chi connectivity index (χ0v) is 20.4. The van der Waals surface area contributed by atoms with Crippen molar-refractivity contribution in [1.29, 1.82) is 5.26 Å². The molecule has 0 radical (unpaired) electrons. The summed E-state index contributed by atoms with van der Waals surface area (Å²) in [5.74, 6) is 0.307. The Bertz CT molecular complexity index is 1220. The van der Waals surface area contributed by atoms with Crippen LogP contribution in [-0.4, -0.2) is 39.8 Å². The molecule has 9 heteroatoms. The van der Waals surface area contributed by atoms with Gasteiger partial charge in [-0.25, -0.2) is 0 Å². The summed E-state index contributed by atoms with van der Waals surface area (Å²) >= 11 is 0. The predicted octanol–water partition coefficient (Wildman–Crippen LogP) is 4.01. The number of carbonyl (C=O) groups excluding carboxylic acids is 2. The molecule has 0 spiro atoms. The number of benzene rings is 2. The summed E-state index contributed by atoms with van der Waals surface area (Å²) in [6.07, 6.45) is 5.71. The summed E-state index contributed by atoms with van der Waals surface area (Å²) in [5, 5.41) is 12.3. The number of thiol groups is 1. The Hall–Kier alpha value is -3.38. The van der Waals surface area contributed by atoms with Crippen molar-refractivity contribution in [3.8, 4) is 17.6 Å². The highest BCUT2D eigenvalue weighted by Crippen LogP contribution is 2.45. The Kier molecular flexibility index (Phi) is 6.62. The molecule has 180 valence electrons. The summed E-state index contributed by atoms with van der Waals surface area (Å²) in [7, 11) is -1.81. The Labute approximate surface area is 200 Å². The molecule has 2 aromatic carbocycles. The largest absolute Gasteiger partial charge is 0.493 e. The number of rotatable bonds is 7. The van der Waals surface area contributed by atoms with Crippen LogP contribution in [0.4, 0.5) is 5.69 Å². The Morgan fingerprint density at radius 3 is 2.65 bits per heavy atom. The predicted molar refractivity (Wildman–Crippen MR) is 129 cm³/mol. The van der Waals surface area contributed by atoms with Crippen LogP contribution in [0.5, 0.6) is 11.5 Å². The van der Waals surface area contributed by atoms with Gasteiger partial charge in [0.2, 0.25) is 5.91 Å². The number of hydrogen-bond donors (Lipinski definition) is 2. The molecule has 0 aromatic heterocycles. The van der Waals surface area contributed by atoms with Crippen LogP contribution >= 0.6 is 0 Å². The van der Waals surface area contributed by atoms with E-state index in [1.807, 2.05) is 0 Å². The molecule has 1 fully saturated rings. The summed E-state index contributed by atoms with van der Waals surface area (Å²) in [6, 6.07) is 11.6. The number of ether oxygens (including phenoxy) is 2. The Balaban J connectivity index is 1.77. The monoisotopic (exact) mass is 483 g/mol. The molecule has 34 heavy (non-hydrogen) atoms. The highest BCUT2D eigenvalue weighted by atomic mass is 32.3. The lowest BCUT2D eigenvalue weighted by Gasteiger charge is -2.34. The number of nitrogens with one attached hydrogen (secondary N) is 1. The smallest absolute Gasteiger partial charge is 0.268 e. The minimum Gasteiger partial charge on any atom is -0.493 e. The van der Waals surface area contributed by atoms with Crippen molar-refractivity contribution < 1.29 is 23.3 Å². The second kappa shape index (κ2) is 9.47. The molecule has 2 amide bonds. The van der Waals surface area contributed by atoms with E-state index >= 15 is 0 Å². The summed E-state index contributed by atoms with van der Waals surface area (Å²) in [5.41, 5.74) is 1.16. The van der Waals surface area contributed by atoms with Gasteiger partial charge in [-0.15, -0.1) is 0 Å². The van der Waals surface area contributed by atoms with Gasteiger partial charge in [0.1, 0.15) is 0 Å². The molecule has 1 aliphatic heterocycles. The number of amides is 2. The van der Waals surface area contributed by atoms with Crippen LogP contribution < -0.4 is 14.8 Å². The molecule has 0 bridgehead atoms. The normalized spacial score (nSPS) is 18.6. The van der Waals surface area contributed by atoms with Gasteiger partial charge in [-0.1, -0.05) is 12.1 Å². The van der Waals surface area contributed by atoms with Crippen LogP contribution in [0.3, 0.4) is 0 Å². The van der Waals surface area contributed by atoms with Gasteiger partial charge in [0.25, 0.3) is 5.91 Å². The fourth-order valence-electron chi connectivity index (χ4n) is 4.83. The maximum Gasteiger partial charge on any atom is 0.268 e. The number of carbonyl (C=O) groups is 2. The molecule has 2 aliphatic rings. The van der Waals surface area contributed by atoms with E-state index in [0.29, 0.717) is 27.6 Å². The molecule has 2 aromatic rings. The molecule has 1 aliphatic carbocycles. The summed E-state index contributed by atoms with van der Waals surface area (Å²) in [6.45, 7) is 1.35. The quantitative estimate of drug-likeness (QED) is 0.576. The SMILES string of the molecule is COc1ccc([C@@H](CC#N)N2C(=O)c3c(NC(C)=O)cccc3[SH]2(C)=O)cc1OC1CCCC1. The van der Waals surface area contributed by atoms with Crippen LogP contribution in [0.1, 0.15) is 61.0 Å². The van der Waals surface area contributed by atoms with Crippen molar-refractivity contribution in [3.05, 3.63) is 47.5 Å². The summed E-state index contributed by atoms with van der Waals surface area (Å²) in [4.78, 5) is 25.7. The van der Waals surface area contributed by atoms with Gasteiger partial charge in [-0.05, 0) is 65.6 Å². The molecule has 0 unspecified atom stereocenters. The lowest BCUT2D eigenvalue weighted by Crippen LogP contribution is -2.38. The van der Waals surface area contributed by atoms with Gasteiger partial charge in [0, 0.05) is 18.1 Å². The van der Waals surface area contributed by atoms with Gasteiger partial charge in [-0.3, -0.25) is 18.1 Å². The zero-order chi connectivity index (χ0) is 24.5. The van der Waals surface area contributed by atoms with Crippen molar-refractivity contribution in [2.75, 3.05) is 18.7 Å².